The van der Waals surface area contributed by atoms with E-state index in [1.165, 1.54) is 126 Å². The average Bonchev–Trinajstić information content (AvgIpc) is 3.14. The third kappa shape index (κ3) is 8.16. The van der Waals surface area contributed by atoms with Gasteiger partial charge in [0.15, 0.2) is 0 Å². The first-order valence-corrected chi connectivity index (χ1v) is 20.3. The van der Waals surface area contributed by atoms with Gasteiger partial charge >= 0.3 is 0 Å². The van der Waals surface area contributed by atoms with Crippen LogP contribution in [0.1, 0.15) is 127 Å². The molecule has 290 valence electrons. The summed E-state index contributed by atoms with van der Waals surface area (Å²) in [4.78, 5) is 5.20. The molecular formula is C48H66N4O2. The lowest BCUT2D eigenvalue weighted by Gasteiger charge is -2.47. The van der Waals surface area contributed by atoms with Crippen molar-refractivity contribution in [1.82, 2.24) is 0 Å². The highest BCUT2D eigenvalue weighted by Gasteiger charge is 2.37. The fourth-order valence-electron chi connectivity index (χ4n) is 10.00. The maximum atomic E-state index is 6.03. The molecule has 0 atom stereocenters. The number of hydrogen-bond acceptors (Lipinski definition) is 6. The quantitative estimate of drug-likeness (QED) is 0.157. The van der Waals surface area contributed by atoms with Crippen LogP contribution in [0.5, 0.6) is 0 Å². The molecule has 0 spiro atoms. The molecule has 2 heterocycles. The molecule has 0 amide bonds. The van der Waals surface area contributed by atoms with Crippen molar-refractivity contribution in [2.24, 2.45) is 0 Å². The Labute approximate surface area is 326 Å². The maximum Gasteiger partial charge on any atom is 0.145 e. The molecule has 0 radical (unpaired) electrons. The molecule has 54 heavy (non-hydrogen) atoms. The molecular weight excluding hydrogens is 665 g/mol. The summed E-state index contributed by atoms with van der Waals surface area (Å²) in [6.07, 6.45) is 13.2. The van der Waals surface area contributed by atoms with Gasteiger partial charge < -0.3 is 30.7 Å². The van der Waals surface area contributed by atoms with Crippen molar-refractivity contribution in [2.45, 2.75) is 130 Å². The van der Waals surface area contributed by atoms with Gasteiger partial charge in [0.2, 0.25) is 0 Å². The number of rotatable bonds is 5. The fourth-order valence-corrected chi connectivity index (χ4v) is 10.00. The lowest BCUT2D eigenvalue weighted by atomic mass is 9.65. The van der Waals surface area contributed by atoms with Crippen molar-refractivity contribution in [2.75, 3.05) is 48.9 Å². The summed E-state index contributed by atoms with van der Waals surface area (Å²) in [7, 11) is 3.17. The molecule has 8 rings (SSSR count). The number of nitrogens with two attached hydrogens (primary N) is 2. The van der Waals surface area contributed by atoms with Crippen LogP contribution < -0.4 is 21.3 Å². The SMILES string of the molecule is COCOC.Cc1cc(C)c2c(c1)CN1CN2Cc2cc(C3(C)CCCCC3)cc(C)c21.Cc1cc(C2(c3ccc(N)c(C)c3)CCCCC2)ccc1N. The van der Waals surface area contributed by atoms with Gasteiger partial charge in [-0.3, -0.25) is 0 Å². The van der Waals surface area contributed by atoms with Crippen LogP contribution in [0, 0.1) is 34.6 Å². The van der Waals surface area contributed by atoms with Crippen molar-refractivity contribution in [3.63, 3.8) is 0 Å². The lowest BCUT2D eigenvalue weighted by molar-refractivity contribution is -0.00272. The zero-order chi connectivity index (χ0) is 38.6. The summed E-state index contributed by atoms with van der Waals surface area (Å²) in [5.41, 5.74) is 31.3. The Hall–Kier alpha value is -4.00. The van der Waals surface area contributed by atoms with E-state index in [0.29, 0.717) is 12.2 Å². The van der Waals surface area contributed by atoms with Gasteiger partial charge in [-0.1, -0.05) is 99.5 Å². The highest BCUT2D eigenvalue weighted by Crippen LogP contribution is 2.47. The van der Waals surface area contributed by atoms with Crippen molar-refractivity contribution >= 4 is 22.7 Å². The topological polar surface area (TPSA) is 77.0 Å². The predicted molar refractivity (Wildman–Crippen MR) is 229 cm³/mol. The van der Waals surface area contributed by atoms with Gasteiger partial charge in [0.05, 0.1) is 6.67 Å². The van der Waals surface area contributed by atoms with Crippen LogP contribution in [-0.2, 0) is 33.4 Å². The minimum absolute atomic E-state index is 0.120. The van der Waals surface area contributed by atoms with Crippen molar-refractivity contribution in [3.8, 4) is 0 Å². The van der Waals surface area contributed by atoms with Gasteiger partial charge in [0, 0.05) is 55.5 Å². The van der Waals surface area contributed by atoms with E-state index < -0.39 is 0 Å². The zero-order valence-electron chi connectivity index (χ0n) is 34.5. The minimum Gasteiger partial charge on any atom is -0.399 e. The molecule has 4 aliphatic rings. The summed E-state index contributed by atoms with van der Waals surface area (Å²) >= 11 is 0. The Kier molecular flexibility index (Phi) is 12.3. The summed E-state index contributed by atoms with van der Waals surface area (Å²) in [5, 5.41) is 0. The first-order valence-electron chi connectivity index (χ1n) is 20.3. The number of methoxy groups -OCH3 is 2. The van der Waals surface area contributed by atoms with Crippen molar-refractivity contribution < 1.29 is 9.47 Å². The van der Waals surface area contributed by atoms with Crippen LogP contribution in [0.4, 0.5) is 22.7 Å². The molecule has 6 heteroatoms. The average molecular weight is 731 g/mol. The Morgan fingerprint density at radius 3 is 1.50 bits per heavy atom. The third-order valence-corrected chi connectivity index (χ3v) is 12.8. The van der Waals surface area contributed by atoms with Crippen molar-refractivity contribution in [3.05, 3.63) is 116 Å². The number of nitrogen functional groups attached to an aromatic ring is 2. The fraction of sp³-hybridized carbons (Fsp3) is 0.500. The van der Waals surface area contributed by atoms with E-state index in [9.17, 15) is 0 Å². The Morgan fingerprint density at radius 2 is 1.02 bits per heavy atom. The molecule has 4 aromatic carbocycles. The molecule has 0 aromatic heterocycles. The molecule has 2 saturated carbocycles. The summed E-state index contributed by atoms with van der Waals surface area (Å²) < 4.78 is 8.94. The standard InChI is InChI=1S/C25H32N2.C20H26N2.C3H8O2/c1-17-10-18(2)23-20(11-17)14-26-16-27(23)15-21-13-22(12-19(3)24(21)26)25(4)8-6-5-7-9-25;1-14-12-16(6-8-18(14)21)20(10-4-3-5-11-20)17-7-9-19(22)15(2)13-17;1-4-3-5-2/h10-13H,5-9,14-16H2,1-4H3;6-9,12-13H,3-5,10-11,21-22H2,1-2H3;3H2,1-2H3. The van der Waals surface area contributed by atoms with E-state index in [1.54, 1.807) is 19.8 Å². The van der Waals surface area contributed by atoms with Crippen LogP contribution in [0.15, 0.2) is 60.7 Å². The summed E-state index contributed by atoms with van der Waals surface area (Å²) in [5.74, 6) is 0. The number of hydrogen-bond donors (Lipinski definition) is 2. The molecule has 4 aromatic rings. The minimum atomic E-state index is 0.120. The summed E-state index contributed by atoms with van der Waals surface area (Å²) in [6.45, 7) is 17.0. The number of ether oxygens (including phenoxy) is 2. The Bertz CT molecular complexity index is 1870. The van der Waals surface area contributed by atoms with Crippen LogP contribution in [0.25, 0.3) is 0 Å². The molecule has 2 aliphatic carbocycles. The smallest absolute Gasteiger partial charge is 0.145 e. The van der Waals surface area contributed by atoms with Crippen LogP contribution in [-0.4, -0.2) is 27.7 Å². The Balaban J connectivity index is 0.000000167. The normalized spacial score (nSPS) is 18.0. The number of anilines is 4. The maximum absolute atomic E-state index is 6.03. The molecule has 0 unspecified atom stereocenters. The van der Waals surface area contributed by atoms with Gasteiger partial charge in [-0.2, -0.15) is 0 Å². The van der Waals surface area contributed by atoms with Gasteiger partial charge in [-0.25, -0.2) is 0 Å². The number of nitrogens with zero attached hydrogens (tertiary/aromatic N) is 2. The monoisotopic (exact) mass is 731 g/mol. The van der Waals surface area contributed by atoms with E-state index in [4.69, 9.17) is 11.5 Å². The van der Waals surface area contributed by atoms with Gasteiger partial charge in [-0.05, 0) is 128 Å². The molecule has 2 fully saturated rings. The number of aryl methyl sites for hydroxylation is 5. The zero-order valence-corrected chi connectivity index (χ0v) is 34.5. The van der Waals surface area contributed by atoms with Crippen LogP contribution in [0.2, 0.25) is 0 Å². The lowest BCUT2D eigenvalue weighted by Crippen LogP contribution is -2.47. The number of fused-ring (bicyclic) bond motifs is 6. The third-order valence-electron chi connectivity index (χ3n) is 12.8. The predicted octanol–water partition coefficient (Wildman–Crippen LogP) is 11.1. The van der Waals surface area contributed by atoms with E-state index in [-0.39, 0.29) is 5.41 Å². The molecule has 0 saturated heterocycles. The molecule has 4 N–H and O–H groups in total. The number of benzene rings is 4. The van der Waals surface area contributed by atoms with E-state index in [0.717, 1.165) is 31.1 Å². The van der Waals surface area contributed by atoms with Gasteiger partial charge in [0.25, 0.3) is 0 Å². The second-order valence-electron chi connectivity index (χ2n) is 17.0. The van der Waals surface area contributed by atoms with Gasteiger partial charge in [-0.15, -0.1) is 0 Å². The largest absolute Gasteiger partial charge is 0.399 e. The molecule has 6 nitrogen and oxygen atoms in total. The summed E-state index contributed by atoms with van der Waals surface area (Å²) in [6, 6.07) is 22.9. The van der Waals surface area contributed by atoms with Gasteiger partial charge in [0.1, 0.15) is 6.79 Å². The second-order valence-corrected chi connectivity index (χ2v) is 17.0. The highest BCUT2D eigenvalue weighted by atomic mass is 16.6. The van der Waals surface area contributed by atoms with E-state index >= 15 is 0 Å². The first kappa shape index (κ1) is 39.7. The Morgan fingerprint density at radius 1 is 0.556 bits per heavy atom. The van der Waals surface area contributed by atoms with E-state index in [1.807, 2.05) is 0 Å². The van der Waals surface area contributed by atoms with Crippen LogP contribution in [0.3, 0.4) is 0 Å². The van der Waals surface area contributed by atoms with Crippen molar-refractivity contribution in [1.29, 1.82) is 0 Å². The van der Waals surface area contributed by atoms with Crippen LogP contribution >= 0.6 is 0 Å². The highest BCUT2D eigenvalue weighted by molar-refractivity contribution is 5.73. The van der Waals surface area contributed by atoms with E-state index in [2.05, 4.69) is 121 Å². The second kappa shape index (κ2) is 16.8. The molecule has 2 bridgehead atoms. The molecule has 2 aliphatic heterocycles. The first-order chi connectivity index (χ1) is 25.9.